The Kier molecular flexibility index (Phi) is 23.2. The van der Waals surface area contributed by atoms with Crippen LogP contribution in [0.25, 0.3) is 0 Å². The Bertz CT molecular complexity index is 1830. The molecule has 0 aliphatic carbocycles. The average Bonchev–Trinajstić information content (AvgIpc) is 3.26. The van der Waals surface area contributed by atoms with E-state index < -0.39 is 0 Å². The third kappa shape index (κ3) is 20.9. The Morgan fingerprint density at radius 2 is 0.652 bits per heavy atom. The maximum Gasteiger partial charge on any atom is 0.255 e. The van der Waals surface area contributed by atoms with Crippen molar-refractivity contribution < 1.29 is 28.6 Å². The largest absolute Gasteiger partial charge is 0.494 e. The van der Waals surface area contributed by atoms with Crippen LogP contribution in [-0.4, -0.2) is 37.5 Å². The summed E-state index contributed by atoms with van der Waals surface area (Å²) in [7, 11) is 0. The van der Waals surface area contributed by atoms with E-state index in [1.54, 1.807) is 72.8 Å². The Labute approximate surface area is 397 Å². The van der Waals surface area contributed by atoms with Gasteiger partial charge in [0.2, 0.25) is 0 Å². The lowest BCUT2D eigenvalue weighted by molar-refractivity contribution is 0.101. The molecule has 0 aliphatic heterocycles. The van der Waals surface area contributed by atoms with Gasteiger partial charge in [-0.3, -0.25) is 14.4 Å². The lowest BCUT2D eigenvalue weighted by Gasteiger charge is -2.15. The molecule has 9 nitrogen and oxygen atoms in total. The number of anilines is 3. The molecule has 0 heterocycles. The second kappa shape index (κ2) is 28.7. The van der Waals surface area contributed by atoms with Gasteiger partial charge in [0.05, 0.1) is 19.8 Å². The Morgan fingerprint density at radius 1 is 0.379 bits per heavy atom. The molecule has 4 aromatic carbocycles. The van der Waals surface area contributed by atoms with Crippen LogP contribution in [0.1, 0.15) is 170 Å². The highest BCUT2D eigenvalue weighted by molar-refractivity contribution is 6.09. The van der Waals surface area contributed by atoms with E-state index in [0.717, 1.165) is 19.3 Å². The molecule has 0 aliphatic rings. The van der Waals surface area contributed by atoms with Gasteiger partial charge < -0.3 is 30.2 Å². The van der Waals surface area contributed by atoms with Crippen LogP contribution in [0.3, 0.4) is 0 Å². The van der Waals surface area contributed by atoms with Gasteiger partial charge in [0.15, 0.2) is 0 Å². The van der Waals surface area contributed by atoms with Gasteiger partial charge in [-0.1, -0.05) is 138 Å². The highest BCUT2D eigenvalue weighted by Crippen LogP contribution is 2.27. The molecule has 4 rings (SSSR count). The third-order valence-corrected chi connectivity index (χ3v) is 12.1. The van der Waals surface area contributed by atoms with Crippen LogP contribution in [0.4, 0.5) is 17.1 Å². The molecular formula is C57H81N3O6. The zero-order valence-electron chi connectivity index (χ0n) is 41.7. The number of ether oxygens (including phenoxy) is 3. The van der Waals surface area contributed by atoms with Crippen LogP contribution < -0.4 is 30.2 Å². The van der Waals surface area contributed by atoms with Crippen molar-refractivity contribution in [3.8, 4) is 17.2 Å². The van der Waals surface area contributed by atoms with E-state index in [1.165, 1.54) is 57.8 Å². The Balaban J connectivity index is 1.46. The highest BCUT2D eigenvalue weighted by Gasteiger charge is 2.16. The molecule has 3 unspecified atom stereocenters. The van der Waals surface area contributed by atoms with Crippen LogP contribution in [-0.2, 0) is 0 Å². The predicted octanol–water partition coefficient (Wildman–Crippen LogP) is 15.1. The molecule has 0 spiro atoms. The van der Waals surface area contributed by atoms with Crippen molar-refractivity contribution in [1.82, 2.24) is 0 Å². The molecule has 66 heavy (non-hydrogen) atoms. The standard InChI is InChI=1S/C57H81N3O6/c1-40(2)16-10-19-43(7)28-31-64-52-25-13-22-46(34-52)55(61)58-49-37-50(59-56(62)47-23-14-26-53(35-47)65-32-29-44(8)20-11-17-41(3)4)39-51(38-49)60-57(63)48-24-15-27-54(36-48)66-33-30-45(9)21-12-18-42(5)6/h13-15,22-27,34-45H,10-12,16-21,28-33H2,1-9H3,(H,58,61)(H,59,62)(H,60,63). The minimum absolute atomic E-state index is 0.360. The van der Waals surface area contributed by atoms with Crippen molar-refractivity contribution in [3.05, 3.63) is 108 Å². The summed E-state index contributed by atoms with van der Waals surface area (Å²) >= 11 is 0. The summed E-state index contributed by atoms with van der Waals surface area (Å²) in [5.74, 6) is 4.57. The molecule has 0 aromatic heterocycles. The number of nitrogens with one attached hydrogen (secondary N) is 3. The molecule has 0 bridgehead atoms. The van der Waals surface area contributed by atoms with Crippen LogP contribution in [0.2, 0.25) is 0 Å². The lowest BCUT2D eigenvalue weighted by Crippen LogP contribution is -2.16. The van der Waals surface area contributed by atoms with Crippen LogP contribution in [0.5, 0.6) is 17.2 Å². The maximum absolute atomic E-state index is 13.8. The van der Waals surface area contributed by atoms with E-state index >= 15 is 0 Å². The summed E-state index contributed by atoms with van der Waals surface area (Å²) in [4.78, 5) is 41.3. The van der Waals surface area contributed by atoms with Crippen LogP contribution in [0.15, 0.2) is 91.0 Å². The number of carbonyl (C=O) groups is 3. The van der Waals surface area contributed by atoms with Gasteiger partial charge in [0.1, 0.15) is 17.2 Å². The van der Waals surface area contributed by atoms with Gasteiger partial charge in [-0.05, 0) is 128 Å². The van der Waals surface area contributed by atoms with Gasteiger partial charge in [-0.15, -0.1) is 0 Å². The molecular weight excluding hydrogens is 823 g/mol. The van der Waals surface area contributed by atoms with E-state index in [2.05, 4.69) is 78.3 Å². The molecule has 4 aromatic rings. The lowest BCUT2D eigenvalue weighted by atomic mass is 9.98. The van der Waals surface area contributed by atoms with E-state index in [1.807, 2.05) is 18.2 Å². The summed E-state index contributed by atoms with van der Waals surface area (Å²) < 4.78 is 18.3. The Morgan fingerprint density at radius 3 is 0.909 bits per heavy atom. The molecule has 9 heteroatoms. The van der Waals surface area contributed by atoms with Gasteiger partial charge in [0.25, 0.3) is 17.7 Å². The predicted molar refractivity (Wildman–Crippen MR) is 274 cm³/mol. The fraction of sp³-hybridized carbons (Fsp3) is 0.526. The second-order valence-corrected chi connectivity index (χ2v) is 19.9. The summed E-state index contributed by atoms with van der Waals surface area (Å²) in [5.41, 5.74) is 2.40. The van der Waals surface area contributed by atoms with Crippen molar-refractivity contribution in [1.29, 1.82) is 0 Å². The zero-order valence-corrected chi connectivity index (χ0v) is 41.7. The van der Waals surface area contributed by atoms with Gasteiger partial charge >= 0.3 is 0 Å². The number of rotatable bonds is 30. The van der Waals surface area contributed by atoms with Crippen molar-refractivity contribution >= 4 is 34.8 Å². The quantitative estimate of drug-likeness (QED) is 0.0480. The first-order valence-electron chi connectivity index (χ1n) is 24.9. The molecule has 0 fully saturated rings. The van der Waals surface area contributed by atoms with Gasteiger partial charge in [-0.2, -0.15) is 0 Å². The molecule has 3 amide bonds. The summed E-state index contributed by atoms with van der Waals surface area (Å²) in [5, 5.41) is 8.94. The van der Waals surface area contributed by atoms with Crippen molar-refractivity contribution in [2.24, 2.45) is 35.5 Å². The SMILES string of the molecule is CC(C)CCCC(C)CCOc1cccc(C(=O)Nc2cc(NC(=O)c3cccc(OCCC(C)CCCC(C)C)c3)cc(NC(=O)c3cccc(OCCC(C)CCCC(C)C)c3)c2)c1. The minimum atomic E-state index is -0.360. The van der Waals surface area contributed by atoms with Gasteiger partial charge in [0, 0.05) is 33.8 Å². The maximum atomic E-state index is 13.8. The fourth-order valence-corrected chi connectivity index (χ4v) is 7.83. The highest BCUT2D eigenvalue weighted by atomic mass is 16.5. The normalized spacial score (nSPS) is 12.7. The van der Waals surface area contributed by atoms with Crippen molar-refractivity contribution in [2.75, 3.05) is 35.8 Å². The third-order valence-electron chi connectivity index (χ3n) is 12.1. The van der Waals surface area contributed by atoms with E-state index in [0.29, 0.717) is 106 Å². The molecule has 0 saturated carbocycles. The van der Waals surface area contributed by atoms with Crippen LogP contribution >= 0.6 is 0 Å². The van der Waals surface area contributed by atoms with Crippen molar-refractivity contribution in [2.45, 2.75) is 139 Å². The molecule has 360 valence electrons. The summed E-state index contributed by atoms with van der Waals surface area (Å²) in [6.07, 6.45) is 13.7. The van der Waals surface area contributed by atoms with E-state index in [9.17, 15) is 14.4 Å². The number of benzene rings is 4. The fourth-order valence-electron chi connectivity index (χ4n) is 7.83. The smallest absolute Gasteiger partial charge is 0.255 e. The topological polar surface area (TPSA) is 115 Å². The first kappa shape index (κ1) is 53.3. The number of amides is 3. The molecule has 0 radical (unpaired) electrons. The second-order valence-electron chi connectivity index (χ2n) is 19.9. The first-order chi connectivity index (χ1) is 31.6. The number of hydrogen-bond donors (Lipinski definition) is 3. The monoisotopic (exact) mass is 904 g/mol. The molecule has 3 atom stereocenters. The summed E-state index contributed by atoms with van der Waals surface area (Å²) in [6.45, 7) is 22.0. The first-order valence-corrected chi connectivity index (χ1v) is 24.9. The average molecular weight is 904 g/mol. The van der Waals surface area contributed by atoms with Gasteiger partial charge in [-0.25, -0.2) is 0 Å². The molecule has 0 saturated heterocycles. The zero-order chi connectivity index (χ0) is 47.8. The Hall–Kier alpha value is -5.31. The molecule has 3 N–H and O–H groups in total. The van der Waals surface area contributed by atoms with E-state index in [4.69, 9.17) is 14.2 Å². The van der Waals surface area contributed by atoms with E-state index in [-0.39, 0.29) is 17.7 Å². The summed E-state index contributed by atoms with van der Waals surface area (Å²) in [6, 6.07) is 26.4. The van der Waals surface area contributed by atoms with Crippen LogP contribution in [0, 0.1) is 35.5 Å². The number of hydrogen-bond acceptors (Lipinski definition) is 6. The minimum Gasteiger partial charge on any atom is -0.494 e. The number of carbonyl (C=O) groups excluding carboxylic acids is 3. The van der Waals surface area contributed by atoms with Crippen molar-refractivity contribution in [3.63, 3.8) is 0 Å².